The topological polar surface area (TPSA) is 38.0 Å². The van der Waals surface area contributed by atoms with Crippen molar-refractivity contribution in [1.82, 2.24) is 9.55 Å². The van der Waals surface area contributed by atoms with Crippen molar-refractivity contribution in [2.24, 2.45) is 7.05 Å². The Kier molecular flexibility index (Phi) is 2.75. The molecular weight excluding hydrogens is 212 g/mol. The van der Waals surface area contributed by atoms with Crippen LogP contribution in [0.3, 0.4) is 0 Å². The molecule has 15 heavy (non-hydrogen) atoms. The minimum atomic E-state index is -0.733. The van der Waals surface area contributed by atoms with Crippen LogP contribution in [0.15, 0.2) is 36.5 Å². The number of imidazole rings is 1. The number of hydrogen-bond acceptors (Lipinski definition) is 2. The fraction of sp³-hybridized carbons (Fsp3) is 0.182. The third kappa shape index (κ3) is 1.89. The van der Waals surface area contributed by atoms with Gasteiger partial charge in [0, 0.05) is 7.05 Å². The van der Waals surface area contributed by atoms with Crippen LogP contribution in [-0.2, 0) is 7.05 Å². The number of hydrogen-bond donors (Lipinski definition) is 1. The van der Waals surface area contributed by atoms with E-state index in [0.29, 0.717) is 11.0 Å². The number of aliphatic hydroxyl groups excluding tert-OH is 1. The van der Waals surface area contributed by atoms with E-state index in [-0.39, 0.29) is 0 Å². The van der Waals surface area contributed by atoms with E-state index < -0.39 is 6.10 Å². The van der Waals surface area contributed by atoms with Crippen molar-refractivity contribution < 1.29 is 5.11 Å². The molecule has 4 heteroatoms. The van der Waals surface area contributed by atoms with Crippen molar-refractivity contribution in [3.63, 3.8) is 0 Å². The number of halogens is 1. The average Bonchev–Trinajstić information content (AvgIpc) is 2.60. The van der Waals surface area contributed by atoms with Crippen LogP contribution in [0, 0.1) is 0 Å². The van der Waals surface area contributed by atoms with Gasteiger partial charge in [0.25, 0.3) is 0 Å². The minimum Gasteiger partial charge on any atom is -0.380 e. The molecule has 0 aliphatic heterocycles. The highest BCUT2D eigenvalue weighted by Crippen LogP contribution is 2.22. The Labute approximate surface area is 93.0 Å². The van der Waals surface area contributed by atoms with Crippen molar-refractivity contribution in [2.45, 2.75) is 6.10 Å². The van der Waals surface area contributed by atoms with Gasteiger partial charge in [-0.05, 0) is 5.56 Å². The maximum Gasteiger partial charge on any atom is 0.143 e. The Bertz CT molecular complexity index is 453. The Balaban J connectivity index is 2.37. The largest absolute Gasteiger partial charge is 0.380 e. The Morgan fingerprint density at radius 2 is 2.00 bits per heavy atom. The first-order valence-corrected chi connectivity index (χ1v) is 4.98. The normalized spacial score (nSPS) is 12.7. The third-order valence-electron chi connectivity index (χ3n) is 2.33. The molecule has 2 rings (SSSR count). The summed E-state index contributed by atoms with van der Waals surface area (Å²) in [6.07, 6.45) is 0.798. The van der Waals surface area contributed by atoms with Gasteiger partial charge in [0.1, 0.15) is 17.1 Å². The highest BCUT2D eigenvalue weighted by Gasteiger charge is 2.15. The molecule has 1 heterocycles. The molecule has 2 aromatic rings. The number of aliphatic hydroxyl groups is 1. The van der Waals surface area contributed by atoms with Gasteiger partial charge in [-0.3, -0.25) is 0 Å². The molecule has 0 aliphatic rings. The van der Waals surface area contributed by atoms with Crippen LogP contribution in [0.25, 0.3) is 0 Å². The summed E-state index contributed by atoms with van der Waals surface area (Å²) in [5, 5.41) is 10.6. The third-order valence-corrected chi connectivity index (χ3v) is 2.68. The lowest BCUT2D eigenvalue weighted by atomic mass is 10.1. The number of rotatable bonds is 2. The Hall–Kier alpha value is -1.32. The Morgan fingerprint density at radius 3 is 2.53 bits per heavy atom. The molecule has 0 aliphatic carbocycles. The van der Waals surface area contributed by atoms with Gasteiger partial charge in [-0.2, -0.15) is 0 Å². The molecule has 0 saturated heterocycles. The maximum atomic E-state index is 10.0. The summed E-state index contributed by atoms with van der Waals surface area (Å²) in [4.78, 5) is 4.07. The van der Waals surface area contributed by atoms with Gasteiger partial charge < -0.3 is 9.67 Å². The van der Waals surface area contributed by atoms with E-state index in [1.807, 2.05) is 30.3 Å². The summed E-state index contributed by atoms with van der Waals surface area (Å²) < 4.78 is 1.67. The summed E-state index contributed by atoms with van der Waals surface area (Å²) in [6, 6.07) is 9.37. The number of aromatic nitrogens is 2. The van der Waals surface area contributed by atoms with Crippen molar-refractivity contribution in [3.8, 4) is 0 Å². The zero-order chi connectivity index (χ0) is 10.8. The van der Waals surface area contributed by atoms with E-state index in [0.717, 1.165) is 5.56 Å². The molecule has 1 N–H and O–H groups in total. The van der Waals surface area contributed by atoms with Crippen LogP contribution in [0.5, 0.6) is 0 Å². The summed E-state index contributed by atoms with van der Waals surface area (Å²) in [5.74, 6) is 0.547. The van der Waals surface area contributed by atoms with E-state index in [9.17, 15) is 5.11 Å². The van der Waals surface area contributed by atoms with E-state index in [1.54, 1.807) is 11.6 Å². The maximum absolute atomic E-state index is 10.0. The molecule has 0 saturated carbocycles. The predicted octanol–water partition coefficient (Wildman–Crippen LogP) is 2.16. The summed E-state index contributed by atoms with van der Waals surface area (Å²) >= 11 is 5.85. The van der Waals surface area contributed by atoms with Gasteiger partial charge in [0.15, 0.2) is 0 Å². The van der Waals surface area contributed by atoms with Crippen molar-refractivity contribution in [3.05, 3.63) is 53.1 Å². The molecule has 78 valence electrons. The zero-order valence-electron chi connectivity index (χ0n) is 8.26. The molecule has 0 amide bonds. The van der Waals surface area contributed by atoms with Crippen LogP contribution in [-0.4, -0.2) is 14.7 Å². The van der Waals surface area contributed by atoms with Gasteiger partial charge in [0.05, 0.1) is 6.20 Å². The fourth-order valence-electron chi connectivity index (χ4n) is 1.44. The smallest absolute Gasteiger partial charge is 0.143 e. The molecule has 0 unspecified atom stereocenters. The number of benzene rings is 1. The molecule has 0 fully saturated rings. The van der Waals surface area contributed by atoms with Gasteiger partial charge in [0.2, 0.25) is 0 Å². The zero-order valence-corrected chi connectivity index (χ0v) is 9.02. The fourth-order valence-corrected chi connectivity index (χ4v) is 1.58. The van der Waals surface area contributed by atoms with Crippen LogP contribution in [0.1, 0.15) is 17.5 Å². The highest BCUT2D eigenvalue weighted by molar-refractivity contribution is 6.29. The molecule has 0 bridgehead atoms. The summed E-state index contributed by atoms with van der Waals surface area (Å²) in [6.45, 7) is 0. The van der Waals surface area contributed by atoms with Gasteiger partial charge >= 0.3 is 0 Å². The monoisotopic (exact) mass is 222 g/mol. The standard InChI is InChI=1S/C11H11ClN2O/c1-14-9(12)7-13-11(14)10(15)8-5-3-2-4-6-8/h2-7,10,15H,1H3/t10-/m0/s1. The SMILES string of the molecule is Cn1c(Cl)cnc1[C@@H](O)c1ccccc1. The van der Waals surface area contributed by atoms with Gasteiger partial charge in [-0.15, -0.1) is 0 Å². The van der Waals surface area contributed by atoms with Crippen molar-refractivity contribution in [2.75, 3.05) is 0 Å². The molecule has 3 nitrogen and oxygen atoms in total. The summed E-state index contributed by atoms with van der Waals surface area (Å²) in [5.41, 5.74) is 0.808. The van der Waals surface area contributed by atoms with E-state index >= 15 is 0 Å². The second kappa shape index (κ2) is 4.04. The first kappa shape index (κ1) is 10.2. The number of nitrogens with zero attached hydrogens (tertiary/aromatic N) is 2. The van der Waals surface area contributed by atoms with Gasteiger partial charge in [-0.1, -0.05) is 41.9 Å². The van der Waals surface area contributed by atoms with Crippen LogP contribution in [0.2, 0.25) is 5.15 Å². The Morgan fingerprint density at radius 1 is 1.33 bits per heavy atom. The molecule has 1 atom stereocenters. The molecule has 0 spiro atoms. The predicted molar refractivity (Wildman–Crippen MR) is 58.7 cm³/mol. The second-order valence-electron chi connectivity index (χ2n) is 3.31. The average molecular weight is 223 g/mol. The minimum absolute atomic E-state index is 0.514. The molecule has 0 radical (unpaired) electrons. The van der Waals surface area contributed by atoms with E-state index in [2.05, 4.69) is 4.98 Å². The molecule has 1 aromatic heterocycles. The van der Waals surface area contributed by atoms with Crippen molar-refractivity contribution in [1.29, 1.82) is 0 Å². The summed E-state index contributed by atoms with van der Waals surface area (Å²) in [7, 11) is 1.77. The van der Waals surface area contributed by atoms with Crippen molar-refractivity contribution >= 4 is 11.6 Å². The highest BCUT2D eigenvalue weighted by atomic mass is 35.5. The second-order valence-corrected chi connectivity index (χ2v) is 3.70. The first-order valence-electron chi connectivity index (χ1n) is 4.60. The lowest BCUT2D eigenvalue weighted by Crippen LogP contribution is -2.07. The quantitative estimate of drug-likeness (QED) is 0.846. The first-order chi connectivity index (χ1) is 7.20. The van der Waals surface area contributed by atoms with Crippen LogP contribution >= 0.6 is 11.6 Å². The van der Waals surface area contributed by atoms with Gasteiger partial charge in [-0.25, -0.2) is 4.98 Å². The van der Waals surface area contributed by atoms with Crippen LogP contribution < -0.4 is 0 Å². The molecule has 1 aromatic carbocycles. The lowest BCUT2D eigenvalue weighted by Gasteiger charge is -2.10. The molecular formula is C11H11ClN2O. The lowest BCUT2D eigenvalue weighted by molar-refractivity contribution is 0.206. The van der Waals surface area contributed by atoms with E-state index in [1.165, 1.54) is 6.20 Å². The van der Waals surface area contributed by atoms with Crippen LogP contribution in [0.4, 0.5) is 0 Å². The van der Waals surface area contributed by atoms with E-state index in [4.69, 9.17) is 11.6 Å².